The maximum absolute atomic E-state index is 9.74. The van der Waals surface area contributed by atoms with Gasteiger partial charge in [-0.2, -0.15) is 15.8 Å². The number of fused-ring (bicyclic) bond motifs is 3. The fraction of sp³-hybridized carbons (Fsp3) is 0.154. The van der Waals surface area contributed by atoms with Crippen molar-refractivity contribution >= 4 is 16.9 Å². The number of anilines is 2. The second kappa shape index (κ2) is 11.4. The average molecular weight is 568 g/mol. The summed E-state index contributed by atoms with van der Waals surface area (Å²) in [5, 5.41) is 32.6. The first-order valence-electron chi connectivity index (χ1n) is 14.9. The van der Waals surface area contributed by atoms with Crippen molar-refractivity contribution < 1.29 is 0 Å². The maximum Gasteiger partial charge on any atom is 0.101 e. The third-order valence-electron chi connectivity index (χ3n) is 8.97. The molecule has 1 heterocycles. The minimum Gasteiger partial charge on any atom is -0.377 e. The Morgan fingerprint density at radius 1 is 0.773 bits per heavy atom. The number of nitrogens with zero attached hydrogens (tertiary/aromatic N) is 4. The Balaban J connectivity index is 1.36. The molecule has 0 fully saturated rings. The highest BCUT2D eigenvalue weighted by atomic mass is 15.2. The van der Waals surface area contributed by atoms with Crippen molar-refractivity contribution in [3.63, 3.8) is 0 Å². The van der Waals surface area contributed by atoms with Gasteiger partial charge in [0.1, 0.15) is 6.07 Å². The van der Waals surface area contributed by atoms with E-state index in [1.54, 1.807) is 0 Å². The van der Waals surface area contributed by atoms with Crippen molar-refractivity contribution in [1.29, 1.82) is 15.8 Å². The monoisotopic (exact) mass is 567 g/mol. The molecule has 5 nitrogen and oxygen atoms in total. The van der Waals surface area contributed by atoms with Gasteiger partial charge >= 0.3 is 0 Å². The normalized spacial score (nSPS) is 22.8. The largest absolute Gasteiger partial charge is 0.377 e. The number of para-hydroxylation sites is 1. The zero-order valence-electron chi connectivity index (χ0n) is 24.1. The predicted molar refractivity (Wildman–Crippen MR) is 174 cm³/mol. The molecule has 0 radical (unpaired) electrons. The Bertz CT molecular complexity index is 1970. The standard InChI is InChI=1S/C39H29N5/c40-23-26-16-19-29(20-17-26)44-38-21-18-27(24-41)22-35(38)34-13-7-12-33(39(34)44)31-10-3-2-9-30(31)32-11-4-6-15-37(32)43-36-14-5-1-8-28(36)25-42/h1-12,14-19,21-22,29,32,34,37,43H,13,20H2/t29?,32?,34?,37-/m1/s1. The van der Waals surface area contributed by atoms with Crippen LogP contribution in [0, 0.1) is 34.0 Å². The fourth-order valence-corrected chi connectivity index (χ4v) is 6.96. The van der Waals surface area contributed by atoms with Crippen LogP contribution >= 0.6 is 0 Å². The molecule has 0 bridgehead atoms. The van der Waals surface area contributed by atoms with E-state index in [2.05, 4.69) is 101 Å². The van der Waals surface area contributed by atoms with Gasteiger partial charge in [0.25, 0.3) is 0 Å². The van der Waals surface area contributed by atoms with Gasteiger partial charge < -0.3 is 10.2 Å². The molecule has 3 aromatic rings. The van der Waals surface area contributed by atoms with Gasteiger partial charge in [0, 0.05) is 34.4 Å². The zero-order valence-corrected chi connectivity index (χ0v) is 24.1. The molecule has 0 amide bonds. The molecule has 4 aliphatic rings. The summed E-state index contributed by atoms with van der Waals surface area (Å²) in [5.41, 5.74) is 9.88. The molecule has 3 unspecified atom stereocenters. The molecule has 44 heavy (non-hydrogen) atoms. The van der Waals surface area contributed by atoms with Gasteiger partial charge in [-0.1, -0.05) is 85.0 Å². The van der Waals surface area contributed by atoms with Crippen molar-refractivity contribution in [1.82, 2.24) is 0 Å². The lowest BCUT2D eigenvalue weighted by Gasteiger charge is -2.35. The minimum absolute atomic E-state index is 0.0305. The van der Waals surface area contributed by atoms with Gasteiger partial charge in [-0.15, -0.1) is 0 Å². The lowest BCUT2D eigenvalue weighted by atomic mass is 9.80. The molecule has 0 aromatic heterocycles. The maximum atomic E-state index is 9.74. The highest BCUT2D eigenvalue weighted by Gasteiger charge is 2.40. The Kier molecular flexibility index (Phi) is 7.03. The summed E-state index contributed by atoms with van der Waals surface area (Å²) in [6.45, 7) is 0. The van der Waals surface area contributed by atoms with Crippen molar-refractivity contribution in [2.24, 2.45) is 0 Å². The predicted octanol–water partition coefficient (Wildman–Crippen LogP) is 8.17. The number of hydrogen-bond donors (Lipinski definition) is 1. The second-order valence-corrected chi connectivity index (χ2v) is 11.4. The van der Waals surface area contributed by atoms with Crippen LogP contribution in [-0.4, -0.2) is 12.1 Å². The Hall–Kier alpha value is -5.83. The van der Waals surface area contributed by atoms with Crippen LogP contribution in [0.15, 0.2) is 133 Å². The summed E-state index contributed by atoms with van der Waals surface area (Å²) in [5.74, 6) is 0.155. The third kappa shape index (κ3) is 4.64. The zero-order chi connectivity index (χ0) is 30.0. The molecule has 1 aliphatic heterocycles. The first kappa shape index (κ1) is 27.0. The SMILES string of the molecule is N#CC1=CCC(N2C3=C(c4ccccc4C4C=CC=C[C@H]4Nc4ccccc4C#N)C=CCC3c3cc(C#N)ccc32)C=C1. The fourth-order valence-electron chi connectivity index (χ4n) is 6.96. The van der Waals surface area contributed by atoms with E-state index in [4.69, 9.17) is 0 Å². The second-order valence-electron chi connectivity index (χ2n) is 11.4. The number of nitriles is 3. The van der Waals surface area contributed by atoms with Crippen LogP contribution in [0.1, 0.15) is 52.5 Å². The first-order chi connectivity index (χ1) is 21.7. The number of hydrogen-bond acceptors (Lipinski definition) is 5. The summed E-state index contributed by atoms with van der Waals surface area (Å²) < 4.78 is 0. The number of allylic oxidation sites excluding steroid dienone is 8. The van der Waals surface area contributed by atoms with Gasteiger partial charge in [-0.3, -0.25) is 0 Å². The van der Waals surface area contributed by atoms with Crippen LogP contribution in [0.4, 0.5) is 11.4 Å². The molecular formula is C39H29N5. The van der Waals surface area contributed by atoms with Gasteiger partial charge in [0.2, 0.25) is 0 Å². The molecule has 3 aromatic carbocycles. The van der Waals surface area contributed by atoms with Crippen LogP contribution < -0.4 is 10.2 Å². The summed E-state index contributed by atoms with van der Waals surface area (Å²) in [7, 11) is 0. The van der Waals surface area contributed by atoms with Crippen molar-refractivity contribution in [2.45, 2.75) is 36.8 Å². The molecule has 3 aliphatic carbocycles. The first-order valence-corrected chi connectivity index (χ1v) is 14.9. The van der Waals surface area contributed by atoms with Crippen molar-refractivity contribution in [3.8, 4) is 18.2 Å². The highest BCUT2D eigenvalue weighted by molar-refractivity contribution is 5.88. The summed E-state index contributed by atoms with van der Waals surface area (Å²) in [6.07, 6.45) is 20.7. The van der Waals surface area contributed by atoms with E-state index >= 15 is 0 Å². The topological polar surface area (TPSA) is 86.6 Å². The Morgan fingerprint density at radius 2 is 1.61 bits per heavy atom. The van der Waals surface area contributed by atoms with Crippen LogP contribution in [0.3, 0.4) is 0 Å². The molecule has 0 spiro atoms. The van der Waals surface area contributed by atoms with Gasteiger partial charge in [0.05, 0.1) is 41.0 Å². The van der Waals surface area contributed by atoms with E-state index in [-0.39, 0.29) is 23.9 Å². The Morgan fingerprint density at radius 3 is 2.43 bits per heavy atom. The molecule has 4 atom stereocenters. The lowest BCUT2D eigenvalue weighted by Crippen LogP contribution is -2.33. The third-order valence-corrected chi connectivity index (χ3v) is 8.97. The van der Waals surface area contributed by atoms with E-state index in [0.717, 1.165) is 24.2 Å². The van der Waals surface area contributed by atoms with Gasteiger partial charge in [0.15, 0.2) is 0 Å². The molecule has 0 saturated carbocycles. The number of rotatable bonds is 5. The number of nitrogens with one attached hydrogen (secondary N) is 1. The quantitative estimate of drug-likeness (QED) is 0.336. The van der Waals surface area contributed by atoms with Crippen molar-refractivity contribution in [3.05, 3.63) is 161 Å². The highest BCUT2D eigenvalue weighted by Crippen LogP contribution is 2.53. The molecule has 1 N–H and O–H groups in total. The molecule has 5 heteroatoms. The summed E-state index contributed by atoms with van der Waals surface area (Å²) >= 11 is 0. The van der Waals surface area contributed by atoms with Crippen molar-refractivity contribution in [2.75, 3.05) is 10.2 Å². The number of benzene rings is 3. The molecule has 0 saturated heterocycles. The van der Waals surface area contributed by atoms with Crippen LogP contribution in [0.25, 0.3) is 5.57 Å². The van der Waals surface area contributed by atoms with Crippen LogP contribution in [-0.2, 0) is 0 Å². The molecule has 210 valence electrons. The van der Waals surface area contributed by atoms with Gasteiger partial charge in [-0.25, -0.2) is 0 Å². The van der Waals surface area contributed by atoms with E-state index in [0.29, 0.717) is 16.7 Å². The molecule has 7 rings (SSSR count). The van der Waals surface area contributed by atoms with E-state index < -0.39 is 0 Å². The van der Waals surface area contributed by atoms with Gasteiger partial charge in [-0.05, 0) is 65.9 Å². The lowest BCUT2D eigenvalue weighted by molar-refractivity contribution is 0.718. The van der Waals surface area contributed by atoms with E-state index in [9.17, 15) is 15.8 Å². The minimum atomic E-state index is -0.0458. The van der Waals surface area contributed by atoms with Crippen LogP contribution in [0.5, 0.6) is 0 Å². The van der Waals surface area contributed by atoms with E-state index in [1.807, 2.05) is 48.6 Å². The Labute approximate surface area is 258 Å². The van der Waals surface area contributed by atoms with Crippen LogP contribution in [0.2, 0.25) is 0 Å². The smallest absolute Gasteiger partial charge is 0.101 e. The summed E-state index contributed by atoms with van der Waals surface area (Å²) in [4.78, 5) is 2.44. The molecular weight excluding hydrogens is 538 g/mol. The van der Waals surface area contributed by atoms with E-state index in [1.165, 1.54) is 28.0 Å². The summed E-state index contributed by atoms with van der Waals surface area (Å²) in [6, 6.07) is 29.2. The average Bonchev–Trinajstić information content (AvgIpc) is 3.42.